The van der Waals surface area contributed by atoms with Crippen LogP contribution in [0.2, 0.25) is 0 Å². The standard InChI is InChI=1S/C23H25F2N5S2/c1-15(21-26-18-11-5-6-12-19(18)30(21)22(24)25)32-23-28-27-20(14-17-10-7-13-31-17)29(23)16-8-3-2-4-9-16/h5-7,10-13,15-16,22H,2-4,8-9,14H2,1H3. The number of imidazole rings is 1. The molecule has 1 aliphatic rings. The van der Waals surface area contributed by atoms with Gasteiger partial charge in [0.25, 0.3) is 0 Å². The van der Waals surface area contributed by atoms with Gasteiger partial charge in [-0.1, -0.05) is 49.2 Å². The fourth-order valence-corrected chi connectivity index (χ4v) is 6.29. The summed E-state index contributed by atoms with van der Waals surface area (Å²) in [5, 5.41) is 11.6. The van der Waals surface area contributed by atoms with Crippen LogP contribution in [0.25, 0.3) is 11.0 Å². The molecule has 9 heteroatoms. The summed E-state index contributed by atoms with van der Waals surface area (Å²) in [5.74, 6) is 1.32. The number of alkyl halides is 2. The van der Waals surface area contributed by atoms with Gasteiger partial charge < -0.3 is 4.57 Å². The molecule has 5 nitrogen and oxygen atoms in total. The van der Waals surface area contributed by atoms with Crippen molar-refractivity contribution in [3.05, 3.63) is 58.3 Å². The zero-order chi connectivity index (χ0) is 22.1. The van der Waals surface area contributed by atoms with E-state index in [1.54, 1.807) is 29.5 Å². The lowest BCUT2D eigenvalue weighted by Gasteiger charge is -2.26. The number of halogens is 2. The molecular weight excluding hydrogens is 448 g/mol. The highest BCUT2D eigenvalue weighted by molar-refractivity contribution is 7.99. The highest BCUT2D eigenvalue weighted by atomic mass is 32.2. The molecule has 0 radical (unpaired) electrons. The van der Waals surface area contributed by atoms with Gasteiger partial charge in [0, 0.05) is 17.3 Å². The molecule has 5 rings (SSSR count). The molecule has 1 atom stereocenters. The van der Waals surface area contributed by atoms with E-state index < -0.39 is 6.55 Å². The molecule has 4 aromatic rings. The maximum absolute atomic E-state index is 14.0. The second-order valence-electron chi connectivity index (χ2n) is 8.18. The molecule has 0 amide bonds. The van der Waals surface area contributed by atoms with Gasteiger partial charge in [0.1, 0.15) is 11.6 Å². The average Bonchev–Trinajstić information content (AvgIpc) is 3.53. The normalized spacial score (nSPS) is 16.2. The summed E-state index contributed by atoms with van der Waals surface area (Å²) in [5.41, 5.74) is 1.04. The number of fused-ring (bicyclic) bond motifs is 1. The second kappa shape index (κ2) is 9.31. The number of rotatable bonds is 7. The number of hydrogen-bond acceptors (Lipinski definition) is 5. The molecule has 0 aliphatic heterocycles. The van der Waals surface area contributed by atoms with Gasteiger partial charge in [0.2, 0.25) is 0 Å². The third kappa shape index (κ3) is 4.20. The number of nitrogens with zero attached hydrogens (tertiary/aromatic N) is 5. The zero-order valence-corrected chi connectivity index (χ0v) is 19.5. The number of thiophene rings is 1. The molecule has 1 fully saturated rings. The van der Waals surface area contributed by atoms with Gasteiger partial charge in [-0.15, -0.1) is 21.5 Å². The zero-order valence-electron chi connectivity index (χ0n) is 17.8. The minimum Gasteiger partial charge on any atom is -0.303 e. The summed E-state index contributed by atoms with van der Waals surface area (Å²) >= 11 is 3.19. The Morgan fingerprint density at radius 2 is 1.91 bits per heavy atom. The van der Waals surface area contributed by atoms with Gasteiger partial charge >= 0.3 is 6.55 Å². The van der Waals surface area contributed by atoms with E-state index in [4.69, 9.17) is 0 Å². The first-order valence-corrected chi connectivity index (χ1v) is 12.8. The lowest BCUT2D eigenvalue weighted by molar-refractivity contribution is 0.0715. The van der Waals surface area contributed by atoms with E-state index >= 15 is 0 Å². The van der Waals surface area contributed by atoms with Gasteiger partial charge in [-0.2, -0.15) is 8.78 Å². The monoisotopic (exact) mass is 473 g/mol. The van der Waals surface area contributed by atoms with Crippen molar-refractivity contribution < 1.29 is 8.78 Å². The molecule has 0 saturated heterocycles. The SMILES string of the molecule is CC(Sc1nnc(Cc2cccs2)n1C1CCCCC1)c1nc2ccccc2n1C(F)F. The van der Waals surface area contributed by atoms with Gasteiger partial charge in [-0.05, 0) is 43.3 Å². The van der Waals surface area contributed by atoms with Crippen LogP contribution in [0.4, 0.5) is 8.78 Å². The third-order valence-corrected chi connectivity index (χ3v) is 7.98. The number of para-hydroxylation sites is 2. The predicted molar refractivity (Wildman–Crippen MR) is 125 cm³/mol. The Balaban J connectivity index is 1.49. The second-order valence-corrected chi connectivity index (χ2v) is 10.5. The molecule has 0 bridgehead atoms. The number of aromatic nitrogens is 5. The summed E-state index contributed by atoms with van der Waals surface area (Å²) in [6.07, 6.45) is 6.60. The molecule has 168 valence electrons. The quantitative estimate of drug-likeness (QED) is 0.270. The fourth-order valence-electron chi connectivity index (χ4n) is 4.55. The van der Waals surface area contributed by atoms with Gasteiger partial charge in [0.15, 0.2) is 5.16 Å². The topological polar surface area (TPSA) is 48.5 Å². The van der Waals surface area contributed by atoms with E-state index in [0.717, 1.165) is 34.8 Å². The van der Waals surface area contributed by atoms with Crippen LogP contribution in [0.3, 0.4) is 0 Å². The van der Waals surface area contributed by atoms with Crippen molar-refractivity contribution in [1.82, 2.24) is 24.3 Å². The minimum absolute atomic E-state index is 0.294. The molecule has 3 aromatic heterocycles. The molecule has 1 saturated carbocycles. The van der Waals surface area contributed by atoms with Crippen molar-refractivity contribution in [2.45, 2.75) is 68.4 Å². The first kappa shape index (κ1) is 21.6. The largest absolute Gasteiger partial charge is 0.320 e. The molecule has 0 spiro atoms. The summed E-state index contributed by atoms with van der Waals surface area (Å²) in [7, 11) is 0. The van der Waals surface area contributed by atoms with Crippen molar-refractivity contribution >= 4 is 34.1 Å². The van der Waals surface area contributed by atoms with Crippen molar-refractivity contribution in [2.75, 3.05) is 0 Å². The summed E-state index contributed by atoms with van der Waals surface area (Å²) in [6.45, 7) is -0.727. The molecule has 3 heterocycles. The van der Waals surface area contributed by atoms with E-state index in [1.165, 1.54) is 35.9 Å². The lowest BCUT2D eigenvalue weighted by Crippen LogP contribution is -2.17. The molecule has 0 N–H and O–H groups in total. The highest BCUT2D eigenvalue weighted by Crippen LogP contribution is 2.40. The van der Waals surface area contributed by atoms with Crippen molar-refractivity contribution in [1.29, 1.82) is 0 Å². The Hall–Kier alpha value is -2.26. The molecular formula is C23H25F2N5S2. The van der Waals surface area contributed by atoms with Crippen LogP contribution in [-0.2, 0) is 6.42 Å². The minimum atomic E-state index is -2.65. The van der Waals surface area contributed by atoms with E-state index in [0.29, 0.717) is 22.9 Å². The van der Waals surface area contributed by atoms with E-state index in [-0.39, 0.29) is 5.25 Å². The van der Waals surface area contributed by atoms with Crippen LogP contribution >= 0.6 is 23.1 Å². The van der Waals surface area contributed by atoms with Crippen LogP contribution in [-0.4, -0.2) is 24.3 Å². The van der Waals surface area contributed by atoms with Crippen molar-refractivity contribution in [2.24, 2.45) is 0 Å². The van der Waals surface area contributed by atoms with Crippen molar-refractivity contribution in [3.63, 3.8) is 0 Å². The lowest BCUT2D eigenvalue weighted by atomic mass is 9.95. The maximum atomic E-state index is 14.0. The molecule has 1 aromatic carbocycles. The number of benzene rings is 1. The fraction of sp³-hybridized carbons (Fsp3) is 0.435. The summed E-state index contributed by atoms with van der Waals surface area (Å²) in [4.78, 5) is 5.79. The number of hydrogen-bond donors (Lipinski definition) is 0. The van der Waals surface area contributed by atoms with Crippen LogP contribution in [0, 0.1) is 0 Å². The smallest absolute Gasteiger partial charge is 0.303 e. The average molecular weight is 474 g/mol. The predicted octanol–water partition coefficient (Wildman–Crippen LogP) is 7.03. The van der Waals surface area contributed by atoms with E-state index in [1.807, 2.05) is 19.1 Å². The highest BCUT2D eigenvalue weighted by Gasteiger charge is 2.27. The number of thioether (sulfide) groups is 1. The van der Waals surface area contributed by atoms with Crippen LogP contribution < -0.4 is 0 Å². The van der Waals surface area contributed by atoms with Crippen LogP contribution in [0.1, 0.15) is 73.4 Å². The Bertz CT molecular complexity index is 1180. The molecule has 32 heavy (non-hydrogen) atoms. The van der Waals surface area contributed by atoms with Crippen LogP contribution in [0.15, 0.2) is 46.9 Å². The third-order valence-electron chi connectivity index (χ3n) is 6.05. The molecule has 1 unspecified atom stereocenters. The Labute approximate surface area is 193 Å². The summed E-state index contributed by atoms with van der Waals surface area (Å²) in [6, 6.07) is 11.6. The van der Waals surface area contributed by atoms with Gasteiger partial charge in [-0.3, -0.25) is 4.57 Å². The Morgan fingerprint density at radius 1 is 1.09 bits per heavy atom. The Kier molecular flexibility index (Phi) is 6.28. The first-order chi connectivity index (χ1) is 15.6. The van der Waals surface area contributed by atoms with Gasteiger partial charge in [-0.25, -0.2) is 4.98 Å². The first-order valence-electron chi connectivity index (χ1n) is 11.0. The van der Waals surface area contributed by atoms with E-state index in [9.17, 15) is 8.78 Å². The van der Waals surface area contributed by atoms with E-state index in [2.05, 4.69) is 31.2 Å². The maximum Gasteiger partial charge on any atom is 0.320 e. The van der Waals surface area contributed by atoms with Crippen molar-refractivity contribution in [3.8, 4) is 0 Å². The molecule has 1 aliphatic carbocycles. The van der Waals surface area contributed by atoms with Crippen LogP contribution in [0.5, 0.6) is 0 Å². The summed E-state index contributed by atoms with van der Waals surface area (Å²) < 4.78 is 31.2. The van der Waals surface area contributed by atoms with Gasteiger partial charge in [0.05, 0.1) is 16.3 Å². The Morgan fingerprint density at radius 3 is 2.66 bits per heavy atom.